The summed E-state index contributed by atoms with van der Waals surface area (Å²) in [5.74, 6) is -2.46. The van der Waals surface area contributed by atoms with Crippen LogP contribution in [0.25, 0.3) is 10.8 Å². The summed E-state index contributed by atoms with van der Waals surface area (Å²) in [6.07, 6.45) is 8.99. The largest absolute Gasteiger partial charge is 0.465 e. The van der Waals surface area contributed by atoms with E-state index in [2.05, 4.69) is 13.2 Å². The van der Waals surface area contributed by atoms with Gasteiger partial charge in [-0.15, -0.1) is 13.2 Å². The summed E-state index contributed by atoms with van der Waals surface area (Å²) in [4.78, 5) is 46.0. The minimum atomic E-state index is -1.12. The van der Waals surface area contributed by atoms with Gasteiger partial charge >= 0.3 is 5.97 Å². The van der Waals surface area contributed by atoms with Crippen LogP contribution in [0.2, 0.25) is 0 Å². The Morgan fingerprint density at radius 2 is 1.86 bits per heavy atom. The third-order valence-electron chi connectivity index (χ3n) is 9.49. The average molecular weight is 589 g/mol. The predicted octanol–water partition coefficient (Wildman–Crippen LogP) is 5.19. The number of hydrogen-bond donors (Lipinski definition) is 1. The van der Waals surface area contributed by atoms with Crippen LogP contribution in [0.3, 0.4) is 0 Å². The third-order valence-corrected chi connectivity index (χ3v) is 9.49. The van der Waals surface area contributed by atoms with Crippen LogP contribution < -0.4 is 4.90 Å². The van der Waals surface area contributed by atoms with Crippen molar-refractivity contribution in [1.82, 2.24) is 4.90 Å². The molecular weight excluding hydrogens is 544 g/mol. The minimum Gasteiger partial charge on any atom is -0.465 e. The van der Waals surface area contributed by atoms with Crippen LogP contribution in [-0.2, 0) is 23.9 Å². The molecule has 8 heteroatoms. The molecule has 230 valence electrons. The molecule has 5 rings (SSSR count). The summed E-state index contributed by atoms with van der Waals surface area (Å²) in [6, 6.07) is 13.0. The third kappa shape index (κ3) is 5.63. The summed E-state index contributed by atoms with van der Waals surface area (Å²) >= 11 is 0. The molecule has 3 saturated heterocycles. The van der Waals surface area contributed by atoms with Gasteiger partial charge in [0.15, 0.2) is 0 Å². The molecule has 0 saturated carbocycles. The lowest BCUT2D eigenvalue weighted by Crippen LogP contribution is -2.56. The van der Waals surface area contributed by atoms with Gasteiger partial charge in [0.2, 0.25) is 5.91 Å². The van der Waals surface area contributed by atoms with E-state index in [1.807, 2.05) is 55.5 Å². The van der Waals surface area contributed by atoms with E-state index < -0.39 is 35.0 Å². The lowest BCUT2D eigenvalue weighted by atomic mass is 9.66. The zero-order valence-corrected chi connectivity index (χ0v) is 25.2. The number of anilines is 1. The maximum Gasteiger partial charge on any atom is 0.312 e. The first-order valence-electron chi connectivity index (χ1n) is 15.6. The molecule has 2 aromatic carbocycles. The van der Waals surface area contributed by atoms with Crippen LogP contribution in [0.1, 0.15) is 58.3 Å². The van der Waals surface area contributed by atoms with Crippen molar-refractivity contribution in [2.45, 2.75) is 75.5 Å². The summed E-state index contributed by atoms with van der Waals surface area (Å²) in [5.41, 5.74) is -1.29. The SMILES string of the molecule is C=CCCCCOC(=O)[C@@H]1[C@H]2C(=O)N(CCCCCO)C(C(=O)N(CC=C)c3ccc4ccccc4c3)C23CC[C@@]1(C)O3. The number of amides is 2. The number of benzene rings is 2. The number of fused-ring (bicyclic) bond motifs is 2. The summed E-state index contributed by atoms with van der Waals surface area (Å²) in [5, 5.41) is 11.4. The summed E-state index contributed by atoms with van der Waals surface area (Å²) < 4.78 is 12.5. The van der Waals surface area contributed by atoms with Crippen molar-refractivity contribution < 1.29 is 29.0 Å². The first kappa shape index (κ1) is 31.0. The molecule has 1 N–H and O–H groups in total. The number of likely N-dealkylation sites (tertiary alicyclic amines) is 1. The molecule has 2 unspecified atom stereocenters. The topological polar surface area (TPSA) is 96.4 Å². The van der Waals surface area contributed by atoms with Gasteiger partial charge in [-0.1, -0.05) is 42.5 Å². The average Bonchev–Trinajstić information content (AvgIpc) is 3.57. The smallest absolute Gasteiger partial charge is 0.312 e. The van der Waals surface area contributed by atoms with Crippen LogP contribution in [-0.4, -0.2) is 71.3 Å². The van der Waals surface area contributed by atoms with Gasteiger partial charge in [0.25, 0.3) is 5.91 Å². The number of ether oxygens (including phenoxy) is 2. The lowest BCUT2D eigenvalue weighted by molar-refractivity contribution is -0.159. The molecule has 43 heavy (non-hydrogen) atoms. The van der Waals surface area contributed by atoms with Gasteiger partial charge in [0.1, 0.15) is 17.6 Å². The van der Waals surface area contributed by atoms with Gasteiger partial charge in [-0.3, -0.25) is 14.4 Å². The normalized spacial score (nSPS) is 27.3. The number of aliphatic hydroxyl groups excluding tert-OH is 1. The predicted molar refractivity (Wildman–Crippen MR) is 166 cm³/mol. The molecule has 1 spiro atoms. The van der Waals surface area contributed by atoms with Crippen molar-refractivity contribution in [1.29, 1.82) is 0 Å². The molecule has 2 bridgehead atoms. The van der Waals surface area contributed by atoms with Crippen LogP contribution >= 0.6 is 0 Å². The Balaban J connectivity index is 1.49. The van der Waals surface area contributed by atoms with E-state index in [0.29, 0.717) is 50.8 Å². The second-order valence-electron chi connectivity index (χ2n) is 12.3. The monoisotopic (exact) mass is 588 g/mol. The Hall–Kier alpha value is -3.49. The van der Waals surface area contributed by atoms with Gasteiger partial charge in [-0.2, -0.15) is 0 Å². The van der Waals surface area contributed by atoms with Crippen molar-refractivity contribution in [2.75, 3.05) is 31.2 Å². The molecule has 2 aromatic rings. The van der Waals surface area contributed by atoms with Crippen molar-refractivity contribution in [2.24, 2.45) is 11.8 Å². The Labute approximate surface area is 254 Å². The Morgan fingerprint density at radius 3 is 2.60 bits per heavy atom. The molecule has 3 heterocycles. The number of unbranched alkanes of at least 4 members (excludes halogenated alkanes) is 4. The fraction of sp³-hybridized carbons (Fsp3) is 0.514. The van der Waals surface area contributed by atoms with Crippen molar-refractivity contribution >= 4 is 34.2 Å². The summed E-state index contributed by atoms with van der Waals surface area (Å²) in [6.45, 7) is 10.5. The molecular formula is C35H44N2O6. The highest BCUT2D eigenvalue weighted by Crippen LogP contribution is 2.63. The fourth-order valence-corrected chi connectivity index (χ4v) is 7.47. The number of carbonyl (C=O) groups is 3. The maximum atomic E-state index is 14.7. The first-order valence-corrected chi connectivity index (χ1v) is 15.6. The van der Waals surface area contributed by atoms with E-state index in [1.54, 1.807) is 15.9 Å². The zero-order valence-electron chi connectivity index (χ0n) is 25.2. The number of aliphatic hydroxyl groups is 1. The van der Waals surface area contributed by atoms with Crippen molar-refractivity contribution in [3.05, 3.63) is 67.8 Å². The molecule has 0 aliphatic carbocycles. The molecule has 3 aliphatic heterocycles. The number of rotatable bonds is 15. The maximum absolute atomic E-state index is 14.7. The van der Waals surface area contributed by atoms with E-state index >= 15 is 0 Å². The number of hydrogen-bond acceptors (Lipinski definition) is 6. The highest BCUT2D eigenvalue weighted by molar-refractivity contribution is 6.05. The Morgan fingerprint density at radius 1 is 1.07 bits per heavy atom. The highest BCUT2D eigenvalue weighted by Gasteiger charge is 2.78. The molecule has 3 aliphatic rings. The highest BCUT2D eigenvalue weighted by atomic mass is 16.6. The van der Waals surface area contributed by atoms with Crippen LogP contribution in [0.4, 0.5) is 5.69 Å². The Kier molecular flexibility index (Phi) is 9.37. The number of nitrogens with zero attached hydrogens (tertiary/aromatic N) is 2. The second kappa shape index (κ2) is 13.0. The summed E-state index contributed by atoms with van der Waals surface area (Å²) in [7, 11) is 0. The van der Waals surface area contributed by atoms with E-state index in [4.69, 9.17) is 9.47 Å². The Bertz CT molecular complexity index is 1380. The van der Waals surface area contributed by atoms with Gasteiger partial charge in [0, 0.05) is 25.4 Å². The number of esters is 1. The molecule has 0 radical (unpaired) electrons. The van der Waals surface area contributed by atoms with Gasteiger partial charge in [-0.25, -0.2) is 0 Å². The molecule has 8 nitrogen and oxygen atoms in total. The van der Waals surface area contributed by atoms with Gasteiger partial charge in [-0.05, 0) is 81.2 Å². The zero-order chi connectivity index (χ0) is 30.6. The molecule has 0 aromatic heterocycles. The standard InChI is InChI=1S/C35H44N2O6/c1-4-6-7-13-23-42-33(41)29-28-31(39)37(21-11-8-12-22-38)30(35(28)19-18-34(29,3)43-35)32(40)36(20-5-2)27-17-16-25-14-9-10-15-26(25)24-27/h4-5,9-10,14-17,24,28-30,38H,1-2,6-8,11-13,18-23H2,3H3/t28-,29-,30?,34+,35?/m0/s1. The van der Waals surface area contributed by atoms with Crippen molar-refractivity contribution in [3.8, 4) is 0 Å². The van der Waals surface area contributed by atoms with Crippen molar-refractivity contribution in [3.63, 3.8) is 0 Å². The molecule has 5 atom stereocenters. The van der Waals surface area contributed by atoms with E-state index in [9.17, 15) is 19.5 Å². The number of allylic oxidation sites excluding steroid dienone is 1. The second-order valence-corrected chi connectivity index (χ2v) is 12.3. The lowest BCUT2D eigenvalue weighted by Gasteiger charge is -2.37. The first-order chi connectivity index (χ1) is 20.8. The fourth-order valence-electron chi connectivity index (χ4n) is 7.47. The quantitative estimate of drug-likeness (QED) is 0.175. The van der Waals surface area contributed by atoms with E-state index in [0.717, 1.165) is 23.6 Å². The van der Waals surface area contributed by atoms with E-state index in [1.165, 1.54) is 0 Å². The molecule has 3 fully saturated rings. The van der Waals surface area contributed by atoms with E-state index in [-0.39, 0.29) is 31.6 Å². The van der Waals surface area contributed by atoms with Gasteiger partial charge < -0.3 is 24.4 Å². The van der Waals surface area contributed by atoms with Crippen LogP contribution in [0.5, 0.6) is 0 Å². The van der Waals surface area contributed by atoms with Gasteiger partial charge in [0.05, 0.1) is 18.1 Å². The minimum absolute atomic E-state index is 0.0696. The van der Waals surface area contributed by atoms with Crippen LogP contribution in [0.15, 0.2) is 67.8 Å². The number of carbonyl (C=O) groups excluding carboxylic acids is 3. The van der Waals surface area contributed by atoms with Crippen LogP contribution in [0, 0.1) is 11.8 Å². The molecule has 2 amide bonds.